The van der Waals surface area contributed by atoms with Crippen molar-refractivity contribution in [2.45, 2.75) is 13.8 Å². The van der Waals surface area contributed by atoms with Crippen LogP contribution in [0.5, 0.6) is 0 Å². The smallest absolute Gasteiger partial charge is 0.335 e. The average Bonchev–Trinajstić information content (AvgIpc) is 3.24. The lowest BCUT2D eigenvalue weighted by atomic mass is 10.2. The van der Waals surface area contributed by atoms with Gasteiger partial charge in [0.25, 0.3) is 11.1 Å². The summed E-state index contributed by atoms with van der Waals surface area (Å²) < 4.78 is 2.63. The fourth-order valence-corrected chi connectivity index (χ4v) is 4.97. The number of nitrogens with one attached hydrogen (secondary N) is 1. The van der Waals surface area contributed by atoms with Gasteiger partial charge in [0, 0.05) is 21.5 Å². The lowest BCUT2D eigenvalue weighted by molar-refractivity contribution is -0.127. The molecule has 0 bridgehead atoms. The van der Waals surface area contributed by atoms with Gasteiger partial charge in [-0.2, -0.15) is 0 Å². The number of hydrogen-bond acceptors (Lipinski definition) is 5. The molecule has 35 heavy (non-hydrogen) atoms. The minimum Gasteiger partial charge on any atom is -0.478 e. The highest BCUT2D eigenvalue weighted by Gasteiger charge is 2.36. The highest BCUT2D eigenvalue weighted by Crippen LogP contribution is 2.34. The normalized spacial score (nSPS) is 14.6. The summed E-state index contributed by atoms with van der Waals surface area (Å²) in [5.41, 5.74) is 3.96. The molecule has 178 valence electrons. The van der Waals surface area contributed by atoms with E-state index in [0.29, 0.717) is 10.2 Å². The molecule has 1 saturated heterocycles. The molecule has 0 unspecified atom stereocenters. The molecule has 1 fully saturated rings. The molecule has 0 spiro atoms. The predicted octanol–water partition coefficient (Wildman–Crippen LogP) is 5.23. The molecular formula is C25H20BrN3O5S. The minimum atomic E-state index is -1.00. The van der Waals surface area contributed by atoms with E-state index in [1.165, 1.54) is 12.1 Å². The molecule has 8 nitrogen and oxygen atoms in total. The summed E-state index contributed by atoms with van der Waals surface area (Å²) in [4.78, 5) is 50.1. The van der Waals surface area contributed by atoms with E-state index >= 15 is 0 Å². The number of aromatic carboxylic acids is 1. The average molecular weight is 554 g/mol. The Morgan fingerprint density at radius 1 is 1.09 bits per heavy atom. The molecule has 4 rings (SSSR count). The van der Waals surface area contributed by atoms with Crippen LogP contribution in [0.25, 0.3) is 11.8 Å². The van der Waals surface area contributed by atoms with Crippen molar-refractivity contribution in [3.8, 4) is 5.69 Å². The van der Waals surface area contributed by atoms with Gasteiger partial charge >= 0.3 is 5.97 Å². The number of benzene rings is 2. The Morgan fingerprint density at radius 2 is 1.77 bits per heavy atom. The van der Waals surface area contributed by atoms with Gasteiger partial charge in [0.15, 0.2) is 0 Å². The number of amides is 3. The SMILES string of the molecule is Cc1cc(/C=C2/SC(=O)N(CC(=O)Nc3ccccc3Br)C2=O)c(C)n1-c1ccc(C(=O)O)cc1. The third-order valence-corrected chi connectivity index (χ3v) is 7.05. The number of nitrogens with zero attached hydrogens (tertiary/aromatic N) is 2. The molecule has 1 aliphatic heterocycles. The highest BCUT2D eigenvalue weighted by molar-refractivity contribution is 9.10. The predicted molar refractivity (Wildman–Crippen MR) is 138 cm³/mol. The van der Waals surface area contributed by atoms with Crippen molar-refractivity contribution in [2.75, 3.05) is 11.9 Å². The standard InChI is InChI=1S/C25H20BrN3O5S/c1-14-11-17(15(2)29(14)18-9-7-16(8-10-18)24(32)33)12-21-23(31)28(25(34)35-21)13-22(30)27-20-6-4-3-5-19(20)26/h3-12H,13H2,1-2H3,(H,27,30)(H,32,33)/b21-12+. The molecule has 0 aliphatic carbocycles. The van der Waals surface area contributed by atoms with Crippen molar-refractivity contribution < 1.29 is 24.3 Å². The summed E-state index contributed by atoms with van der Waals surface area (Å²) >= 11 is 4.13. The number of rotatable bonds is 6. The number of hydrogen-bond donors (Lipinski definition) is 2. The first-order valence-electron chi connectivity index (χ1n) is 10.5. The molecule has 1 aromatic heterocycles. The third-order valence-electron chi connectivity index (χ3n) is 5.45. The van der Waals surface area contributed by atoms with Gasteiger partial charge in [-0.15, -0.1) is 0 Å². The first-order chi connectivity index (χ1) is 16.7. The van der Waals surface area contributed by atoms with Crippen molar-refractivity contribution in [1.82, 2.24) is 9.47 Å². The Kier molecular flexibility index (Phi) is 6.95. The molecule has 0 radical (unpaired) electrons. The number of aromatic nitrogens is 1. The fraction of sp³-hybridized carbons (Fsp3) is 0.120. The summed E-state index contributed by atoms with van der Waals surface area (Å²) in [6.45, 7) is 3.38. The van der Waals surface area contributed by atoms with Crippen LogP contribution in [0.4, 0.5) is 10.5 Å². The van der Waals surface area contributed by atoms with Crippen LogP contribution in [0.3, 0.4) is 0 Å². The molecule has 3 aromatic rings. The first-order valence-corrected chi connectivity index (χ1v) is 12.1. The Hall–Kier alpha value is -3.63. The van der Waals surface area contributed by atoms with E-state index in [1.54, 1.807) is 36.4 Å². The Bertz CT molecular complexity index is 1390. The van der Waals surface area contributed by atoms with Crippen molar-refractivity contribution in [1.29, 1.82) is 0 Å². The van der Waals surface area contributed by atoms with Gasteiger partial charge in [0.1, 0.15) is 6.54 Å². The van der Waals surface area contributed by atoms with Gasteiger partial charge in [-0.25, -0.2) is 4.79 Å². The van der Waals surface area contributed by atoms with Crippen LogP contribution in [-0.4, -0.2) is 44.1 Å². The van der Waals surface area contributed by atoms with Crippen LogP contribution in [0, 0.1) is 13.8 Å². The van der Waals surface area contributed by atoms with Gasteiger partial charge in [-0.3, -0.25) is 19.3 Å². The Labute approximate surface area is 213 Å². The molecule has 0 saturated carbocycles. The number of thioether (sulfide) groups is 1. The maximum atomic E-state index is 12.9. The third kappa shape index (κ3) is 5.08. The lowest BCUT2D eigenvalue weighted by Crippen LogP contribution is -2.36. The van der Waals surface area contributed by atoms with E-state index < -0.39 is 29.6 Å². The molecule has 1 aliphatic rings. The molecule has 10 heteroatoms. The minimum absolute atomic E-state index is 0.189. The van der Waals surface area contributed by atoms with E-state index in [9.17, 15) is 19.2 Å². The van der Waals surface area contributed by atoms with E-state index in [2.05, 4.69) is 21.2 Å². The van der Waals surface area contributed by atoms with Gasteiger partial charge < -0.3 is 15.0 Å². The summed E-state index contributed by atoms with van der Waals surface area (Å²) in [5, 5.41) is 11.3. The summed E-state index contributed by atoms with van der Waals surface area (Å²) in [6, 6.07) is 15.4. The molecule has 2 heterocycles. The number of para-hydroxylation sites is 1. The lowest BCUT2D eigenvalue weighted by Gasteiger charge is -2.13. The summed E-state index contributed by atoms with van der Waals surface area (Å²) in [5.74, 6) is -2.01. The zero-order valence-corrected chi connectivity index (χ0v) is 21.1. The number of carbonyl (C=O) groups excluding carboxylic acids is 3. The van der Waals surface area contributed by atoms with Gasteiger partial charge in [-0.05, 0) is 95.6 Å². The molecule has 3 amide bonds. The fourth-order valence-electron chi connectivity index (χ4n) is 3.76. The largest absolute Gasteiger partial charge is 0.478 e. The van der Waals surface area contributed by atoms with Crippen LogP contribution in [0.2, 0.25) is 0 Å². The number of halogens is 1. The van der Waals surface area contributed by atoms with Gasteiger partial charge in [0.05, 0.1) is 16.2 Å². The van der Waals surface area contributed by atoms with Crippen LogP contribution >= 0.6 is 27.7 Å². The zero-order chi connectivity index (χ0) is 25.3. The van der Waals surface area contributed by atoms with Crippen LogP contribution in [-0.2, 0) is 9.59 Å². The molecule has 0 atom stereocenters. The maximum absolute atomic E-state index is 12.9. The number of carboxylic acids is 1. The second-order valence-corrected chi connectivity index (χ2v) is 9.66. The van der Waals surface area contributed by atoms with E-state index in [0.717, 1.165) is 39.3 Å². The van der Waals surface area contributed by atoms with E-state index in [-0.39, 0.29) is 10.5 Å². The van der Waals surface area contributed by atoms with Crippen LogP contribution in [0.1, 0.15) is 27.3 Å². The van der Waals surface area contributed by atoms with Crippen LogP contribution < -0.4 is 5.32 Å². The first kappa shape index (κ1) is 24.5. The monoisotopic (exact) mass is 553 g/mol. The Balaban J connectivity index is 1.53. The molecular weight excluding hydrogens is 534 g/mol. The topological polar surface area (TPSA) is 109 Å². The molecule has 2 N–H and O–H groups in total. The van der Waals surface area contributed by atoms with E-state index in [1.807, 2.05) is 30.5 Å². The Morgan fingerprint density at radius 3 is 2.43 bits per heavy atom. The van der Waals surface area contributed by atoms with Crippen LogP contribution in [0.15, 0.2) is 64.0 Å². The number of carboxylic acid groups (broad SMARTS) is 1. The zero-order valence-electron chi connectivity index (χ0n) is 18.7. The number of anilines is 1. The van der Waals surface area contributed by atoms with Gasteiger partial charge in [-0.1, -0.05) is 12.1 Å². The van der Waals surface area contributed by atoms with Crippen molar-refractivity contribution >= 4 is 62.5 Å². The number of imide groups is 1. The second-order valence-electron chi connectivity index (χ2n) is 7.81. The quantitative estimate of drug-likeness (QED) is 0.404. The number of aryl methyl sites for hydroxylation is 1. The summed E-state index contributed by atoms with van der Waals surface area (Å²) in [7, 11) is 0. The summed E-state index contributed by atoms with van der Waals surface area (Å²) in [6.07, 6.45) is 1.64. The van der Waals surface area contributed by atoms with Crippen molar-refractivity contribution in [3.05, 3.63) is 86.5 Å². The second kappa shape index (κ2) is 9.93. The van der Waals surface area contributed by atoms with Gasteiger partial charge in [0.2, 0.25) is 5.91 Å². The maximum Gasteiger partial charge on any atom is 0.335 e. The number of carbonyl (C=O) groups is 4. The van der Waals surface area contributed by atoms with Crippen molar-refractivity contribution in [2.24, 2.45) is 0 Å². The van der Waals surface area contributed by atoms with Crippen molar-refractivity contribution in [3.63, 3.8) is 0 Å². The molecule has 2 aromatic carbocycles. The van der Waals surface area contributed by atoms with E-state index in [4.69, 9.17) is 5.11 Å². The highest BCUT2D eigenvalue weighted by atomic mass is 79.9.